The molecule has 2 unspecified atom stereocenters. The van der Waals surface area contributed by atoms with Gasteiger partial charge in [0, 0.05) is 41.0 Å². The molecule has 2 aliphatic rings. The summed E-state index contributed by atoms with van der Waals surface area (Å²) in [6.45, 7) is 4.43. The summed E-state index contributed by atoms with van der Waals surface area (Å²) >= 11 is 6.36. The fourth-order valence-electron chi connectivity index (χ4n) is 5.54. The molecule has 3 heterocycles. The summed E-state index contributed by atoms with van der Waals surface area (Å²) in [5.74, 6) is -0.410. The molecule has 8 nitrogen and oxygen atoms in total. The number of fused-ring (bicyclic) bond motifs is 4. The highest BCUT2D eigenvalue weighted by atomic mass is 35.5. The Balaban J connectivity index is 1.51. The Morgan fingerprint density at radius 3 is 2.73 bits per heavy atom. The molecule has 2 bridgehead atoms. The number of rotatable bonds is 3. The zero-order valence-electron chi connectivity index (χ0n) is 23.4. The molecular weight excluding hydrogens is 540 g/mol. The summed E-state index contributed by atoms with van der Waals surface area (Å²) in [6.07, 6.45) is 5.67. The van der Waals surface area contributed by atoms with Gasteiger partial charge in [0.1, 0.15) is 0 Å². The van der Waals surface area contributed by atoms with Gasteiger partial charge in [0.05, 0.1) is 24.5 Å². The number of ether oxygens (including phenoxy) is 1. The Kier molecular flexibility index (Phi) is 8.40. The third kappa shape index (κ3) is 6.12. The highest BCUT2D eigenvalue weighted by Crippen LogP contribution is 2.37. The Morgan fingerprint density at radius 2 is 1.95 bits per heavy atom. The molecule has 2 aliphatic heterocycles. The molecule has 5 rings (SSSR count). The normalized spacial score (nSPS) is 19.2. The van der Waals surface area contributed by atoms with Gasteiger partial charge in [0.25, 0.3) is 0 Å². The molecule has 0 fully saturated rings. The van der Waals surface area contributed by atoms with Gasteiger partial charge in [0.15, 0.2) is 0 Å². The predicted molar refractivity (Wildman–Crippen MR) is 161 cm³/mol. The zero-order chi connectivity index (χ0) is 29.1. The first-order valence-corrected chi connectivity index (χ1v) is 14.2. The van der Waals surface area contributed by atoms with Gasteiger partial charge in [-0.1, -0.05) is 43.1 Å². The van der Waals surface area contributed by atoms with E-state index in [2.05, 4.69) is 10.6 Å². The van der Waals surface area contributed by atoms with Crippen LogP contribution in [0, 0.1) is 12.8 Å². The molecule has 0 saturated heterocycles. The molecule has 2 aromatic carbocycles. The lowest BCUT2D eigenvalue weighted by atomic mass is 9.92. The van der Waals surface area contributed by atoms with Gasteiger partial charge in [0.2, 0.25) is 11.8 Å². The third-order valence-corrected chi connectivity index (χ3v) is 8.31. The number of anilines is 2. The van der Waals surface area contributed by atoms with E-state index < -0.39 is 6.09 Å². The number of aromatic nitrogens is 1. The van der Waals surface area contributed by atoms with E-state index in [4.69, 9.17) is 21.3 Å². The summed E-state index contributed by atoms with van der Waals surface area (Å²) in [5, 5.41) is 6.39. The summed E-state index contributed by atoms with van der Waals surface area (Å²) in [7, 11) is 1.30. The molecule has 0 radical (unpaired) electrons. The lowest BCUT2D eigenvalue weighted by molar-refractivity contribution is -0.129. The van der Waals surface area contributed by atoms with E-state index in [0.29, 0.717) is 42.2 Å². The van der Waals surface area contributed by atoms with E-state index in [1.54, 1.807) is 24.4 Å². The topological polar surface area (TPSA) is 101 Å². The summed E-state index contributed by atoms with van der Waals surface area (Å²) in [5.41, 5.74) is 6.46. The molecule has 2 atom stereocenters. The van der Waals surface area contributed by atoms with E-state index in [1.165, 1.54) is 7.11 Å². The van der Waals surface area contributed by atoms with Crippen molar-refractivity contribution in [2.45, 2.75) is 45.6 Å². The van der Waals surface area contributed by atoms with Gasteiger partial charge in [-0.05, 0) is 78.8 Å². The van der Waals surface area contributed by atoms with Gasteiger partial charge in [-0.15, -0.1) is 0 Å². The number of nitrogens with zero attached hydrogens (tertiary/aromatic N) is 2. The Morgan fingerprint density at radius 1 is 1.12 bits per heavy atom. The molecule has 9 heteroatoms. The minimum absolute atomic E-state index is 0.0559. The quantitative estimate of drug-likeness (QED) is 0.352. The smallest absolute Gasteiger partial charge is 0.411 e. The fourth-order valence-corrected chi connectivity index (χ4v) is 5.72. The van der Waals surface area contributed by atoms with Crippen LogP contribution < -0.4 is 10.6 Å². The lowest BCUT2D eigenvalue weighted by Crippen LogP contribution is -2.38. The average molecular weight is 573 g/mol. The van der Waals surface area contributed by atoms with Crippen LogP contribution >= 0.6 is 11.6 Å². The number of hydrogen-bond acceptors (Lipinski definition) is 5. The number of pyridine rings is 1. The summed E-state index contributed by atoms with van der Waals surface area (Å²) < 4.78 is 4.72. The average Bonchev–Trinajstić information content (AvgIpc) is 2.96. The second-order valence-corrected chi connectivity index (χ2v) is 11.0. The third-order valence-electron chi connectivity index (χ3n) is 7.90. The molecule has 0 spiro atoms. The largest absolute Gasteiger partial charge is 0.453 e. The second kappa shape index (κ2) is 12.1. The number of carbonyl (C=O) groups excluding carboxylic acids is 3. The number of methoxy groups -OCH3 is 1. The minimum Gasteiger partial charge on any atom is -0.453 e. The van der Waals surface area contributed by atoms with Gasteiger partial charge in [-0.3, -0.25) is 19.9 Å². The molecule has 0 aliphatic carbocycles. The lowest BCUT2D eigenvalue weighted by Gasteiger charge is -2.35. The van der Waals surface area contributed by atoms with Crippen LogP contribution in [0.25, 0.3) is 16.7 Å². The van der Waals surface area contributed by atoms with E-state index >= 15 is 0 Å². The fraction of sp³-hybridized carbons (Fsp3) is 0.312. The van der Waals surface area contributed by atoms with Gasteiger partial charge in [-0.25, -0.2) is 4.79 Å². The first-order chi connectivity index (χ1) is 19.7. The van der Waals surface area contributed by atoms with Crippen molar-refractivity contribution in [3.63, 3.8) is 0 Å². The number of amides is 3. The van der Waals surface area contributed by atoms with Crippen molar-refractivity contribution in [3.05, 3.63) is 82.6 Å². The van der Waals surface area contributed by atoms with Crippen molar-refractivity contribution in [2.75, 3.05) is 24.3 Å². The number of carbonyl (C=O) groups is 3. The van der Waals surface area contributed by atoms with Crippen molar-refractivity contribution in [3.8, 4) is 11.1 Å². The number of nitrogens with one attached hydrogen (secondary N) is 2. The second-order valence-electron chi connectivity index (χ2n) is 10.5. The first kappa shape index (κ1) is 28.4. The Labute approximate surface area is 244 Å². The maximum absolute atomic E-state index is 13.6. The minimum atomic E-state index is -0.597. The SMILES string of the molecule is COC(=O)Nc1ccc2c(c1)NC(=O)C(C)CCCC(N1CCC(c3cccc(Cl)c3C)=CC1=O)c1cc-2ccn1. The molecular formula is C32H33ClN4O4. The molecule has 41 heavy (non-hydrogen) atoms. The van der Waals surface area contributed by atoms with Gasteiger partial charge in [-0.2, -0.15) is 0 Å². The van der Waals surface area contributed by atoms with Crippen LogP contribution in [0.4, 0.5) is 16.2 Å². The number of hydrogen-bond donors (Lipinski definition) is 2. The van der Waals surface area contributed by atoms with Crippen molar-refractivity contribution in [1.29, 1.82) is 0 Å². The van der Waals surface area contributed by atoms with Crippen molar-refractivity contribution in [2.24, 2.45) is 5.92 Å². The number of halogens is 1. The molecule has 3 amide bonds. The van der Waals surface area contributed by atoms with Crippen LogP contribution in [-0.2, 0) is 14.3 Å². The van der Waals surface area contributed by atoms with E-state index in [0.717, 1.165) is 39.9 Å². The van der Waals surface area contributed by atoms with Crippen LogP contribution in [0.1, 0.15) is 55.5 Å². The Hall–Kier alpha value is -4.17. The van der Waals surface area contributed by atoms with Crippen LogP contribution in [0.2, 0.25) is 5.02 Å². The molecule has 0 saturated carbocycles. The van der Waals surface area contributed by atoms with E-state index in [9.17, 15) is 14.4 Å². The van der Waals surface area contributed by atoms with Gasteiger partial charge < -0.3 is 15.0 Å². The molecule has 2 N–H and O–H groups in total. The van der Waals surface area contributed by atoms with Crippen LogP contribution in [-0.4, -0.2) is 41.4 Å². The van der Waals surface area contributed by atoms with Crippen molar-refractivity contribution >= 4 is 46.5 Å². The van der Waals surface area contributed by atoms with Crippen molar-refractivity contribution in [1.82, 2.24) is 9.88 Å². The van der Waals surface area contributed by atoms with Crippen LogP contribution in [0.3, 0.4) is 0 Å². The Bertz CT molecular complexity index is 1540. The van der Waals surface area contributed by atoms with Crippen molar-refractivity contribution < 1.29 is 19.1 Å². The van der Waals surface area contributed by atoms with Crippen LogP contribution in [0.15, 0.2) is 60.8 Å². The maximum Gasteiger partial charge on any atom is 0.411 e. The predicted octanol–water partition coefficient (Wildman–Crippen LogP) is 7.00. The highest BCUT2D eigenvalue weighted by molar-refractivity contribution is 6.31. The first-order valence-electron chi connectivity index (χ1n) is 13.8. The molecule has 212 valence electrons. The summed E-state index contributed by atoms with van der Waals surface area (Å²) in [4.78, 5) is 45.1. The monoisotopic (exact) mass is 572 g/mol. The number of benzene rings is 2. The summed E-state index contributed by atoms with van der Waals surface area (Å²) in [6, 6.07) is 14.7. The molecule has 3 aromatic rings. The van der Waals surface area contributed by atoms with Crippen LogP contribution in [0.5, 0.6) is 0 Å². The van der Waals surface area contributed by atoms with E-state index in [-0.39, 0.29) is 23.8 Å². The van der Waals surface area contributed by atoms with E-state index in [1.807, 2.05) is 55.1 Å². The standard InChI is InChI=1S/C32H33ClN4O4/c1-19-6-4-9-29(37-15-13-22(17-30(37)38)24-7-5-8-26(33)20(24)2)28-16-21(12-14-34-28)25-11-10-23(35-32(40)41-3)18-27(25)36-31(19)39/h5,7-8,10-12,14,16-19,29H,4,6,9,13,15H2,1-3H3,(H,35,40)(H,36,39). The van der Waals surface area contributed by atoms with Gasteiger partial charge >= 0.3 is 6.09 Å². The maximum atomic E-state index is 13.6. The highest BCUT2D eigenvalue weighted by Gasteiger charge is 2.30. The molecule has 1 aromatic heterocycles. The zero-order valence-corrected chi connectivity index (χ0v) is 24.1.